The van der Waals surface area contributed by atoms with Gasteiger partial charge in [0.25, 0.3) is 0 Å². The molecule has 3 heteroatoms. The van der Waals surface area contributed by atoms with Gasteiger partial charge >= 0.3 is 0 Å². The van der Waals surface area contributed by atoms with Crippen LogP contribution >= 0.6 is 0 Å². The number of hydrogen-bond acceptors (Lipinski definition) is 3. The van der Waals surface area contributed by atoms with Gasteiger partial charge in [-0.3, -0.25) is 0 Å². The van der Waals surface area contributed by atoms with Gasteiger partial charge in [0.1, 0.15) is 5.75 Å². The van der Waals surface area contributed by atoms with Crippen molar-refractivity contribution in [2.24, 2.45) is 5.41 Å². The van der Waals surface area contributed by atoms with Crippen LogP contribution < -0.4 is 10.5 Å². The first-order chi connectivity index (χ1) is 9.57. The van der Waals surface area contributed by atoms with Crippen molar-refractivity contribution >= 4 is 5.69 Å². The number of nitrogens with two attached hydrogens (primary N) is 1. The van der Waals surface area contributed by atoms with Crippen molar-refractivity contribution in [2.45, 2.75) is 39.5 Å². The summed E-state index contributed by atoms with van der Waals surface area (Å²) in [6.45, 7) is 9.10. The van der Waals surface area contributed by atoms with Gasteiger partial charge in [-0.05, 0) is 56.3 Å². The van der Waals surface area contributed by atoms with Gasteiger partial charge in [0, 0.05) is 6.54 Å². The second-order valence-corrected chi connectivity index (χ2v) is 6.60. The molecule has 0 bridgehead atoms. The lowest BCUT2D eigenvalue weighted by Crippen LogP contribution is -2.27. The molecule has 2 N–H and O–H groups in total. The van der Waals surface area contributed by atoms with E-state index in [4.69, 9.17) is 10.5 Å². The fourth-order valence-electron chi connectivity index (χ4n) is 2.78. The number of likely N-dealkylation sites (tertiary alicyclic amines) is 1. The zero-order chi connectivity index (χ0) is 14.4. The Kier molecular flexibility index (Phi) is 5.30. The van der Waals surface area contributed by atoms with Gasteiger partial charge in [-0.15, -0.1) is 0 Å². The Morgan fingerprint density at radius 1 is 1.20 bits per heavy atom. The molecule has 1 aromatic rings. The highest BCUT2D eigenvalue weighted by atomic mass is 16.5. The Morgan fingerprint density at radius 2 is 2.00 bits per heavy atom. The van der Waals surface area contributed by atoms with Crippen molar-refractivity contribution in [3.8, 4) is 5.75 Å². The van der Waals surface area contributed by atoms with Crippen LogP contribution in [0.5, 0.6) is 5.75 Å². The van der Waals surface area contributed by atoms with Gasteiger partial charge in [-0.25, -0.2) is 0 Å². The van der Waals surface area contributed by atoms with E-state index in [1.165, 1.54) is 32.4 Å². The molecule has 1 aliphatic rings. The minimum absolute atomic E-state index is 0.518. The predicted molar refractivity (Wildman–Crippen MR) is 85.0 cm³/mol. The van der Waals surface area contributed by atoms with E-state index in [-0.39, 0.29) is 0 Å². The summed E-state index contributed by atoms with van der Waals surface area (Å²) in [7, 11) is 0. The SMILES string of the molecule is CC1(C)CCCN(CCCOc2ccccc2N)CC1. The lowest BCUT2D eigenvalue weighted by atomic mass is 9.85. The van der Waals surface area contributed by atoms with Crippen molar-refractivity contribution in [3.05, 3.63) is 24.3 Å². The quantitative estimate of drug-likeness (QED) is 0.660. The zero-order valence-corrected chi connectivity index (χ0v) is 12.9. The molecule has 0 amide bonds. The van der Waals surface area contributed by atoms with Gasteiger partial charge in [0.2, 0.25) is 0 Å². The maximum Gasteiger partial charge on any atom is 0.142 e. The van der Waals surface area contributed by atoms with E-state index < -0.39 is 0 Å². The van der Waals surface area contributed by atoms with Gasteiger partial charge in [0.15, 0.2) is 0 Å². The van der Waals surface area contributed by atoms with Crippen LogP contribution in [0.3, 0.4) is 0 Å². The van der Waals surface area contributed by atoms with Crippen LogP contribution in [-0.4, -0.2) is 31.1 Å². The Labute approximate surface area is 123 Å². The molecule has 1 aliphatic heterocycles. The summed E-state index contributed by atoms with van der Waals surface area (Å²) in [6, 6.07) is 7.71. The molecule has 0 atom stereocenters. The highest BCUT2D eigenvalue weighted by molar-refractivity contribution is 5.51. The van der Waals surface area contributed by atoms with E-state index in [2.05, 4.69) is 18.7 Å². The second kappa shape index (κ2) is 6.98. The third kappa shape index (κ3) is 4.71. The molecular formula is C17H28N2O. The Balaban J connectivity index is 1.67. The predicted octanol–water partition coefficient (Wildman–Crippen LogP) is 3.55. The maximum atomic E-state index is 5.86. The number of nitrogens with zero attached hydrogens (tertiary/aromatic N) is 1. The van der Waals surface area contributed by atoms with E-state index in [9.17, 15) is 0 Å². The van der Waals surface area contributed by atoms with Gasteiger partial charge in [-0.2, -0.15) is 0 Å². The Bertz CT molecular complexity index is 417. The van der Waals surface area contributed by atoms with Gasteiger partial charge in [-0.1, -0.05) is 26.0 Å². The highest BCUT2D eigenvalue weighted by Crippen LogP contribution is 2.29. The van der Waals surface area contributed by atoms with Crippen molar-refractivity contribution in [2.75, 3.05) is 32.0 Å². The van der Waals surface area contributed by atoms with Crippen LogP contribution in [0.4, 0.5) is 5.69 Å². The molecular weight excluding hydrogens is 248 g/mol. The van der Waals surface area contributed by atoms with E-state index in [1.807, 2.05) is 24.3 Å². The minimum atomic E-state index is 0.518. The van der Waals surface area contributed by atoms with E-state index in [0.29, 0.717) is 5.41 Å². The number of hydrogen-bond donors (Lipinski definition) is 1. The van der Waals surface area contributed by atoms with Crippen molar-refractivity contribution in [1.29, 1.82) is 0 Å². The molecule has 0 unspecified atom stereocenters. The van der Waals surface area contributed by atoms with Crippen LogP contribution in [0.15, 0.2) is 24.3 Å². The van der Waals surface area contributed by atoms with Crippen LogP contribution in [0.25, 0.3) is 0 Å². The Hall–Kier alpha value is -1.22. The summed E-state index contributed by atoms with van der Waals surface area (Å²) in [5, 5.41) is 0. The summed E-state index contributed by atoms with van der Waals surface area (Å²) in [5.41, 5.74) is 7.10. The monoisotopic (exact) mass is 276 g/mol. The zero-order valence-electron chi connectivity index (χ0n) is 12.9. The first-order valence-electron chi connectivity index (χ1n) is 7.76. The average Bonchev–Trinajstić information content (AvgIpc) is 2.58. The van der Waals surface area contributed by atoms with Crippen LogP contribution in [-0.2, 0) is 0 Å². The molecule has 3 nitrogen and oxygen atoms in total. The number of nitrogen functional groups attached to an aromatic ring is 1. The largest absolute Gasteiger partial charge is 0.491 e. The average molecular weight is 276 g/mol. The molecule has 1 fully saturated rings. The van der Waals surface area contributed by atoms with Crippen molar-refractivity contribution < 1.29 is 4.74 Å². The summed E-state index contributed by atoms with van der Waals surface area (Å²) >= 11 is 0. The van der Waals surface area contributed by atoms with E-state index >= 15 is 0 Å². The molecule has 0 aromatic heterocycles. The number of ether oxygens (including phenoxy) is 1. The summed E-state index contributed by atoms with van der Waals surface area (Å²) in [5.74, 6) is 0.810. The highest BCUT2D eigenvalue weighted by Gasteiger charge is 2.22. The molecule has 20 heavy (non-hydrogen) atoms. The topological polar surface area (TPSA) is 38.5 Å². The first-order valence-corrected chi connectivity index (χ1v) is 7.76. The van der Waals surface area contributed by atoms with Gasteiger partial charge < -0.3 is 15.4 Å². The smallest absolute Gasteiger partial charge is 0.142 e. The lowest BCUT2D eigenvalue weighted by Gasteiger charge is -2.23. The van der Waals surface area contributed by atoms with Crippen LogP contribution in [0.2, 0.25) is 0 Å². The second-order valence-electron chi connectivity index (χ2n) is 6.60. The van der Waals surface area contributed by atoms with E-state index in [1.54, 1.807) is 0 Å². The third-order valence-corrected chi connectivity index (χ3v) is 4.23. The summed E-state index contributed by atoms with van der Waals surface area (Å²) in [6.07, 6.45) is 5.04. The molecule has 1 saturated heterocycles. The summed E-state index contributed by atoms with van der Waals surface area (Å²) in [4.78, 5) is 2.58. The fraction of sp³-hybridized carbons (Fsp3) is 0.647. The molecule has 0 spiro atoms. The van der Waals surface area contributed by atoms with Crippen molar-refractivity contribution in [3.63, 3.8) is 0 Å². The fourth-order valence-corrected chi connectivity index (χ4v) is 2.78. The molecule has 1 aromatic carbocycles. The molecule has 2 rings (SSSR count). The molecule has 0 radical (unpaired) electrons. The number of para-hydroxylation sites is 2. The summed E-state index contributed by atoms with van der Waals surface area (Å²) < 4.78 is 5.75. The number of rotatable bonds is 5. The molecule has 0 aliphatic carbocycles. The maximum absolute atomic E-state index is 5.86. The number of benzene rings is 1. The van der Waals surface area contributed by atoms with E-state index in [0.717, 1.165) is 31.0 Å². The molecule has 1 heterocycles. The first kappa shape index (κ1) is 15.2. The van der Waals surface area contributed by atoms with Crippen LogP contribution in [0, 0.1) is 5.41 Å². The lowest BCUT2D eigenvalue weighted by molar-refractivity contribution is 0.231. The third-order valence-electron chi connectivity index (χ3n) is 4.23. The van der Waals surface area contributed by atoms with Gasteiger partial charge in [0.05, 0.1) is 12.3 Å². The Morgan fingerprint density at radius 3 is 2.80 bits per heavy atom. The van der Waals surface area contributed by atoms with Crippen molar-refractivity contribution in [1.82, 2.24) is 4.90 Å². The van der Waals surface area contributed by atoms with Crippen LogP contribution in [0.1, 0.15) is 39.5 Å². The standard InChI is InChI=1S/C17H28N2O/c1-17(2)9-5-11-19(13-10-17)12-6-14-20-16-8-4-3-7-15(16)18/h3-4,7-8H,5-6,9-14,18H2,1-2H3. The molecule has 0 saturated carbocycles. The minimum Gasteiger partial charge on any atom is -0.491 e. The molecule has 112 valence electrons. The normalized spacial score (nSPS) is 19.5. The number of anilines is 1.